The van der Waals surface area contributed by atoms with E-state index >= 15 is 0 Å². The molecule has 5 N–H and O–H groups in total. The molecule has 0 fully saturated rings. The van der Waals surface area contributed by atoms with Crippen LogP contribution < -0.4 is 16.4 Å². The molecule has 0 saturated heterocycles. The molecular formula is C17H17F3N6O2. The van der Waals surface area contributed by atoms with Crippen molar-refractivity contribution in [3.8, 4) is 0 Å². The lowest BCUT2D eigenvalue weighted by atomic mass is 10.2. The normalized spacial score (nSPS) is 11.6. The molecule has 0 unspecified atom stereocenters. The first-order valence-corrected chi connectivity index (χ1v) is 7.92. The standard InChI is InChI=1S/C17H17F3N6O2/c1-9-5-24-17(25-10(4-21)6-22-8-14(27)28)26-16(9)23-7-11-12(18)2-3-13(19)15(11)20/h2-6H,7-8,21H2,1H3,(H,27,28)(H2,23,24,25,26)/b10-4+,22-6?. The summed E-state index contributed by atoms with van der Waals surface area (Å²) in [5, 5.41) is 14.0. The SMILES string of the molecule is Cc1cnc(N/C(C=NCC(=O)O)=C/N)nc1NCc1c(F)ccc(F)c1F. The minimum Gasteiger partial charge on any atom is -0.480 e. The van der Waals surface area contributed by atoms with Crippen molar-refractivity contribution >= 4 is 24.0 Å². The van der Waals surface area contributed by atoms with E-state index in [1.807, 2.05) is 0 Å². The van der Waals surface area contributed by atoms with E-state index in [0.717, 1.165) is 12.3 Å². The monoisotopic (exact) mass is 394 g/mol. The van der Waals surface area contributed by atoms with Gasteiger partial charge in [-0.2, -0.15) is 4.98 Å². The van der Waals surface area contributed by atoms with Crippen LogP contribution in [0.2, 0.25) is 0 Å². The molecule has 1 aromatic heterocycles. The van der Waals surface area contributed by atoms with Crippen molar-refractivity contribution in [2.24, 2.45) is 10.7 Å². The topological polar surface area (TPSA) is 126 Å². The van der Waals surface area contributed by atoms with Crippen molar-refractivity contribution in [3.63, 3.8) is 0 Å². The molecule has 0 saturated carbocycles. The van der Waals surface area contributed by atoms with Gasteiger partial charge in [-0.3, -0.25) is 9.79 Å². The van der Waals surface area contributed by atoms with Gasteiger partial charge in [0, 0.05) is 36.3 Å². The Balaban J connectivity index is 2.14. The third kappa shape index (κ3) is 5.43. The number of aliphatic carboxylic acids is 1. The predicted molar refractivity (Wildman–Crippen MR) is 97.3 cm³/mol. The third-order valence-corrected chi connectivity index (χ3v) is 3.44. The maximum absolute atomic E-state index is 13.8. The molecule has 0 spiro atoms. The molecule has 0 aliphatic carbocycles. The van der Waals surface area contributed by atoms with Crippen LogP contribution in [0.4, 0.5) is 24.9 Å². The molecule has 8 nitrogen and oxygen atoms in total. The highest BCUT2D eigenvalue weighted by molar-refractivity contribution is 5.84. The molecule has 0 bridgehead atoms. The fourth-order valence-electron chi connectivity index (χ4n) is 2.05. The van der Waals surface area contributed by atoms with Gasteiger partial charge in [0.05, 0.1) is 5.70 Å². The average Bonchev–Trinajstić information content (AvgIpc) is 2.66. The number of aryl methyl sites for hydroxylation is 1. The summed E-state index contributed by atoms with van der Waals surface area (Å²) < 4.78 is 40.8. The lowest BCUT2D eigenvalue weighted by Crippen LogP contribution is -2.12. The summed E-state index contributed by atoms with van der Waals surface area (Å²) in [6.07, 6.45) is 3.78. The van der Waals surface area contributed by atoms with Gasteiger partial charge in [0.2, 0.25) is 5.95 Å². The van der Waals surface area contributed by atoms with Crippen LogP contribution in [0.25, 0.3) is 0 Å². The van der Waals surface area contributed by atoms with Gasteiger partial charge in [0.1, 0.15) is 18.2 Å². The quantitative estimate of drug-likeness (QED) is 0.399. The summed E-state index contributed by atoms with van der Waals surface area (Å²) in [7, 11) is 0. The molecule has 0 atom stereocenters. The van der Waals surface area contributed by atoms with Crippen LogP contribution in [-0.2, 0) is 11.3 Å². The number of carbonyl (C=O) groups is 1. The van der Waals surface area contributed by atoms with Crippen LogP contribution in [0.15, 0.2) is 35.2 Å². The number of allylic oxidation sites excluding steroid dienone is 1. The van der Waals surface area contributed by atoms with Crippen LogP contribution in [0.5, 0.6) is 0 Å². The van der Waals surface area contributed by atoms with Gasteiger partial charge in [0.15, 0.2) is 11.6 Å². The summed E-state index contributed by atoms with van der Waals surface area (Å²) in [5.41, 5.74) is 5.78. The van der Waals surface area contributed by atoms with Gasteiger partial charge in [-0.25, -0.2) is 18.2 Å². The number of carboxylic acids is 1. The van der Waals surface area contributed by atoms with Crippen molar-refractivity contribution < 1.29 is 23.1 Å². The minimum absolute atomic E-state index is 0.0757. The number of nitrogens with one attached hydrogen (secondary N) is 2. The number of aliphatic imine (C=N–C) groups is 1. The predicted octanol–water partition coefficient (Wildman–Crippen LogP) is 2.18. The largest absolute Gasteiger partial charge is 0.480 e. The van der Waals surface area contributed by atoms with Gasteiger partial charge < -0.3 is 21.5 Å². The van der Waals surface area contributed by atoms with Gasteiger partial charge >= 0.3 is 5.97 Å². The Morgan fingerprint density at radius 3 is 2.71 bits per heavy atom. The second kappa shape index (κ2) is 9.35. The first kappa shape index (κ1) is 20.7. The second-order valence-electron chi connectivity index (χ2n) is 5.51. The van der Waals surface area contributed by atoms with E-state index in [1.165, 1.54) is 12.4 Å². The van der Waals surface area contributed by atoms with E-state index in [-0.39, 0.29) is 24.0 Å². The number of benzene rings is 1. The lowest BCUT2D eigenvalue weighted by molar-refractivity contribution is -0.135. The number of hydrogen-bond donors (Lipinski definition) is 4. The number of rotatable bonds is 8. The Labute approximate surface area is 158 Å². The zero-order chi connectivity index (χ0) is 20.7. The summed E-state index contributed by atoms with van der Waals surface area (Å²) in [6.45, 7) is 0.885. The number of carboxylic acid groups (broad SMARTS) is 1. The summed E-state index contributed by atoms with van der Waals surface area (Å²) in [4.78, 5) is 22.3. The van der Waals surface area contributed by atoms with Crippen molar-refractivity contribution in [1.29, 1.82) is 0 Å². The van der Waals surface area contributed by atoms with Crippen molar-refractivity contribution in [2.75, 3.05) is 17.2 Å². The molecule has 2 aromatic rings. The van der Waals surface area contributed by atoms with Gasteiger partial charge in [-0.15, -0.1) is 0 Å². The second-order valence-corrected chi connectivity index (χ2v) is 5.51. The van der Waals surface area contributed by atoms with Gasteiger partial charge in [-0.05, 0) is 19.1 Å². The highest BCUT2D eigenvalue weighted by Crippen LogP contribution is 2.19. The summed E-state index contributed by atoms with van der Waals surface area (Å²) in [6, 6.07) is 1.54. The highest BCUT2D eigenvalue weighted by Gasteiger charge is 2.14. The Bertz CT molecular complexity index is 933. The van der Waals surface area contributed by atoms with Crippen LogP contribution in [-0.4, -0.2) is 33.8 Å². The number of anilines is 2. The number of hydrogen-bond acceptors (Lipinski definition) is 7. The number of aromatic nitrogens is 2. The first-order valence-electron chi connectivity index (χ1n) is 7.92. The van der Waals surface area contributed by atoms with E-state index in [1.54, 1.807) is 6.92 Å². The van der Waals surface area contributed by atoms with E-state index in [4.69, 9.17) is 10.8 Å². The zero-order valence-corrected chi connectivity index (χ0v) is 14.7. The summed E-state index contributed by atoms with van der Waals surface area (Å²) in [5.74, 6) is -4.10. The molecular weight excluding hydrogens is 377 g/mol. The fourth-order valence-corrected chi connectivity index (χ4v) is 2.05. The van der Waals surface area contributed by atoms with Crippen LogP contribution in [0.3, 0.4) is 0 Å². The molecule has 148 valence electrons. The van der Waals surface area contributed by atoms with Crippen LogP contribution >= 0.6 is 0 Å². The fraction of sp³-hybridized carbons (Fsp3) is 0.176. The van der Waals surface area contributed by atoms with E-state index < -0.39 is 35.5 Å². The van der Waals surface area contributed by atoms with Crippen molar-refractivity contribution in [3.05, 3.63) is 58.8 Å². The molecule has 0 amide bonds. The van der Waals surface area contributed by atoms with Gasteiger partial charge in [0.25, 0.3) is 0 Å². The molecule has 0 aliphatic heterocycles. The van der Waals surface area contributed by atoms with E-state index in [9.17, 15) is 18.0 Å². The zero-order valence-electron chi connectivity index (χ0n) is 14.7. The number of halogens is 3. The number of nitrogens with two attached hydrogens (primary N) is 1. The van der Waals surface area contributed by atoms with Crippen LogP contribution in [0, 0.1) is 24.4 Å². The maximum Gasteiger partial charge on any atom is 0.325 e. The van der Waals surface area contributed by atoms with Gasteiger partial charge in [-0.1, -0.05) is 0 Å². The molecule has 28 heavy (non-hydrogen) atoms. The third-order valence-electron chi connectivity index (χ3n) is 3.44. The maximum atomic E-state index is 13.8. The van der Waals surface area contributed by atoms with Crippen molar-refractivity contribution in [2.45, 2.75) is 13.5 Å². The van der Waals surface area contributed by atoms with Crippen molar-refractivity contribution in [1.82, 2.24) is 9.97 Å². The molecule has 0 aliphatic rings. The minimum atomic E-state index is -1.28. The average molecular weight is 394 g/mol. The Morgan fingerprint density at radius 2 is 2.04 bits per heavy atom. The van der Waals surface area contributed by atoms with E-state index in [0.29, 0.717) is 11.6 Å². The summed E-state index contributed by atoms with van der Waals surface area (Å²) >= 11 is 0. The van der Waals surface area contributed by atoms with Crippen LogP contribution in [0.1, 0.15) is 11.1 Å². The lowest BCUT2D eigenvalue weighted by Gasteiger charge is -2.12. The molecule has 2 rings (SSSR count). The first-order chi connectivity index (χ1) is 13.3. The Hall–Kier alpha value is -3.63. The molecule has 0 radical (unpaired) electrons. The van der Waals surface area contributed by atoms with E-state index in [2.05, 4.69) is 25.6 Å². The number of nitrogens with zero attached hydrogens (tertiary/aromatic N) is 3. The Morgan fingerprint density at radius 1 is 1.32 bits per heavy atom. The molecule has 1 aromatic carbocycles. The molecule has 1 heterocycles. The highest BCUT2D eigenvalue weighted by atomic mass is 19.2. The Kier molecular flexibility index (Phi) is 6.90. The molecule has 11 heteroatoms. The smallest absolute Gasteiger partial charge is 0.325 e.